The van der Waals surface area contributed by atoms with Gasteiger partial charge in [0, 0.05) is 26.7 Å². The highest BCUT2D eigenvalue weighted by molar-refractivity contribution is 6.00. The molecule has 1 aliphatic heterocycles. The number of hydrogen-bond donors (Lipinski definition) is 1. The summed E-state index contributed by atoms with van der Waals surface area (Å²) in [6.45, 7) is 7.52. The lowest BCUT2D eigenvalue weighted by Crippen LogP contribution is -2.38. The Morgan fingerprint density at radius 3 is 2.59 bits per heavy atom. The smallest absolute Gasteiger partial charge is 0.343 e. The van der Waals surface area contributed by atoms with Gasteiger partial charge in [-0.25, -0.2) is 4.79 Å². The van der Waals surface area contributed by atoms with E-state index in [2.05, 4.69) is 20.2 Å². The molecule has 1 saturated carbocycles. The molecular formula is C21H35N5O3. The van der Waals surface area contributed by atoms with E-state index in [0.717, 1.165) is 38.5 Å². The summed E-state index contributed by atoms with van der Waals surface area (Å²) < 4.78 is 6.54. The van der Waals surface area contributed by atoms with Crippen molar-refractivity contribution in [2.45, 2.75) is 45.4 Å². The molecule has 1 amide bonds. The molecule has 0 unspecified atom stereocenters. The summed E-state index contributed by atoms with van der Waals surface area (Å²) in [5.41, 5.74) is 0.289. The first kappa shape index (κ1) is 21.8. The molecule has 0 aromatic carbocycles. The predicted molar refractivity (Wildman–Crippen MR) is 112 cm³/mol. The van der Waals surface area contributed by atoms with Gasteiger partial charge in [-0.2, -0.15) is 5.10 Å². The van der Waals surface area contributed by atoms with Crippen LogP contribution in [0.5, 0.6) is 0 Å². The first-order valence-electron chi connectivity index (χ1n) is 11.0. The standard InChI is InChI=1S/C21H35N5O3/c1-3-29-21(28)18-14-22-24(2)20(18)23-19(27)16-26-11-7-10-25(12-13-26)15-17-8-5-4-6-9-17/h14,17H,3-13,15-16H2,1-2H3,(H,23,27). The number of aromatic nitrogens is 2. The van der Waals surface area contributed by atoms with Crippen LogP contribution in [-0.2, 0) is 16.6 Å². The predicted octanol–water partition coefficient (Wildman–Crippen LogP) is 2.12. The van der Waals surface area contributed by atoms with E-state index in [0.29, 0.717) is 12.4 Å². The van der Waals surface area contributed by atoms with E-state index < -0.39 is 5.97 Å². The third-order valence-electron chi connectivity index (χ3n) is 5.98. The molecule has 3 rings (SSSR count). The Balaban J connectivity index is 1.48. The average molecular weight is 406 g/mol. The third-order valence-corrected chi connectivity index (χ3v) is 5.98. The Morgan fingerprint density at radius 2 is 1.83 bits per heavy atom. The molecule has 0 radical (unpaired) electrons. The number of carbonyl (C=O) groups excluding carboxylic acids is 2. The number of nitrogens with one attached hydrogen (secondary N) is 1. The minimum Gasteiger partial charge on any atom is -0.462 e. The molecule has 1 aromatic rings. The maximum Gasteiger partial charge on any atom is 0.343 e. The van der Waals surface area contributed by atoms with Crippen molar-refractivity contribution in [3.8, 4) is 0 Å². The number of carbonyl (C=O) groups is 2. The van der Waals surface area contributed by atoms with Crippen LogP contribution in [0, 0.1) is 5.92 Å². The topological polar surface area (TPSA) is 79.7 Å². The summed E-state index contributed by atoms with van der Waals surface area (Å²) in [6, 6.07) is 0. The fourth-order valence-corrected chi connectivity index (χ4v) is 4.42. The van der Waals surface area contributed by atoms with Gasteiger partial charge in [-0.3, -0.25) is 14.4 Å². The SMILES string of the molecule is CCOC(=O)c1cnn(C)c1NC(=O)CN1CCCN(CC2CCCCC2)CC1. The third kappa shape index (κ3) is 6.27. The maximum absolute atomic E-state index is 12.6. The number of hydrogen-bond acceptors (Lipinski definition) is 6. The Morgan fingerprint density at radius 1 is 1.10 bits per heavy atom. The molecule has 2 aliphatic rings. The highest BCUT2D eigenvalue weighted by Gasteiger charge is 2.23. The summed E-state index contributed by atoms with van der Waals surface area (Å²) in [5, 5.41) is 6.93. The number of esters is 1. The van der Waals surface area contributed by atoms with Crippen LogP contribution >= 0.6 is 0 Å². The van der Waals surface area contributed by atoms with Crippen LogP contribution in [0.3, 0.4) is 0 Å². The minimum atomic E-state index is -0.468. The number of ether oxygens (including phenoxy) is 1. The zero-order valence-electron chi connectivity index (χ0n) is 17.9. The monoisotopic (exact) mass is 405 g/mol. The second-order valence-corrected chi connectivity index (χ2v) is 8.23. The molecule has 2 fully saturated rings. The van der Waals surface area contributed by atoms with Gasteiger partial charge in [0.05, 0.1) is 19.3 Å². The van der Waals surface area contributed by atoms with Gasteiger partial charge < -0.3 is 15.0 Å². The normalized spacial score (nSPS) is 19.7. The van der Waals surface area contributed by atoms with Gasteiger partial charge in [0.25, 0.3) is 0 Å². The zero-order valence-corrected chi connectivity index (χ0v) is 17.9. The summed E-state index contributed by atoms with van der Waals surface area (Å²) in [6.07, 6.45) is 9.42. The summed E-state index contributed by atoms with van der Waals surface area (Å²) in [4.78, 5) is 29.4. The minimum absolute atomic E-state index is 0.125. The van der Waals surface area contributed by atoms with Crippen LogP contribution in [-0.4, -0.2) is 77.3 Å². The Kier molecular flexibility index (Phi) is 8.06. The van der Waals surface area contributed by atoms with Crippen LogP contribution < -0.4 is 5.32 Å². The molecular weight excluding hydrogens is 370 g/mol. The Bertz CT molecular complexity index is 684. The molecule has 162 valence electrons. The molecule has 2 heterocycles. The van der Waals surface area contributed by atoms with Crippen LogP contribution in [0.2, 0.25) is 0 Å². The van der Waals surface area contributed by atoms with Crippen LogP contribution in [0.25, 0.3) is 0 Å². The van der Waals surface area contributed by atoms with Crippen molar-refractivity contribution in [3.05, 3.63) is 11.8 Å². The Labute approximate surface area is 173 Å². The fourth-order valence-electron chi connectivity index (χ4n) is 4.42. The number of anilines is 1. The number of aryl methyl sites for hydroxylation is 1. The van der Waals surface area contributed by atoms with Crippen molar-refractivity contribution >= 4 is 17.7 Å². The highest BCUT2D eigenvalue weighted by Crippen LogP contribution is 2.24. The van der Waals surface area contributed by atoms with Gasteiger partial charge >= 0.3 is 5.97 Å². The largest absolute Gasteiger partial charge is 0.462 e. The lowest BCUT2D eigenvalue weighted by Gasteiger charge is -2.28. The molecule has 0 atom stereocenters. The van der Waals surface area contributed by atoms with E-state index in [1.165, 1.54) is 49.5 Å². The van der Waals surface area contributed by atoms with E-state index in [-0.39, 0.29) is 18.1 Å². The van der Waals surface area contributed by atoms with Gasteiger partial charge in [0.1, 0.15) is 11.4 Å². The van der Waals surface area contributed by atoms with Gasteiger partial charge in [0.2, 0.25) is 5.91 Å². The second-order valence-electron chi connectivity index (χ2n) is 8.23. The molecule has 0 spiro atoms. The lowest BCUT2D eigenvalue weighted by atomic mass is 9.89. The number of rotatable bonds is 7. The van der Waals surface area contributed by atoms with E-state index in [9.17, 15) is 9.59 Å². The summed E-state index contributed by atoms with van der Waals surface area (Å²) >= 11 is 0. The van der Waals surface area contributed by atoms with E-state index in [4.69, 9.17) is 4.74 Å². The van der Waals surface area contributed by atoms with E-state index in [1.54, 1.807) is 14.0 Å². The van der Waals surface area contributed by atoms with Crippen molar-refractivity contribution < 1.29 is 14.3 Å². The van der Waals surface area contributed by atoms with Crippen molar-refractivity contribution in [2.75, 3.05) is 51.2 Å². The van der Waals surface area contributed by atoms with Crippen LogP contribution in [0.4, 0.5) is 5.82 Å². The van der Waals surface area contributed by atoms with Crippen LogP contribution in [0.15, 0.2) is 6.20 Å². The Hall–Kier alpha value is -1.93. The summed E-state index contributed by atoms with van der Waals surface area (Å²) in [7, 11) is 1.70. The molecule has 1 saturated heterocycles. The first-order valence-corrected chi connectivity index (χ1v) is 11.0. The van der Waals surface area contributed by atoms with Gasteiger partial charge in [-0.1, -0.05) is 19.3 Å². The van der Waals surface area contributed by atoms with E-state index in [1.807, 2.05) is 0 Å². The van der Waals surface area contributed by atoms with Gasteiger partial charge in [0.15, 0.2) is 0 Å². The van der Waals surface area contributed by atoms with Crippen molar-refractivity contribution in [2.24, 2.45) is 13.0 Å². The number of nitrogens with zero attached hydrogens (tertiary/aromatic N) is 4. The summed E-state index contributed by atoms with van der Waals surface area (Å²) in [5.74, 6) is 0.649. The molecule has 29 heavy (non-hydrogen) atoms. The average Bonchev–Trinajstić information content (AvgIpc) is 2.92. The van der Waals surface area contributed by atoms with Crippen molar-refractivity contribution in [1.82, 2.24) is 19.6 Å². The van der Waals surface area contributed by atoms with Crippen LogP contribution in [0.1, 0.15) is 55.8 Å². The van der Waals surface area contributed by atoms with Crippen molar-refractivity contribution in [3.63, 3.8) is 0 Å². The zero-order chi connectivity index (χ0) is 20.6. The molecule has 1 N–H and O–H groups in total. The molecule has 1 aromatic heterocycles. The van der Waals surface area contributed by atoms with E-state index >= 15 is 0 Å². The molecule has 8 nitrogen and oxygen atoms in total. The lowest BCUT2D eigenvalue weighted by molar-refractivity contribution is -0.117. The molecule has 8 heteroatoms. The second kappa shape index (κ2) is 10.7. The molecule has 0 bridgehead atoms. The highest BCUT2D eigenvalue weighted by atomic mass is 16.5. The van der Waals surface area contributed by atoms with Gasteiger partial charge in [-0.05, 0) is 45.2 Å². The fraction of sp³-hybridized carbons (Fsp3) is 0.762. The molecule has 1 aliphatic carbocycles. The van der Waals surface area contributed by atoms with Crippen molar-refractivity contribution in [1.29, 1.82) is 0 Å². The number of amides is 1. The maximum atomic E-state index is 12.6. The van der Waals surface area contributed by atoms with Gasteiger partial charge in [-0.15, -0.1) is 0 Å². The quantitative estimate of drug-likeness (QED) is 0.700. The first-order chi connectivity index (χ1) is 14.1.